The van der Waals surface area contributed by atoms with Crippen LogP contribution in [0.4, 0.5) is 0 Å². The number of hydrazine groups is 1. The van der Waals surface area contributed by atoms with Gasteiger partial charge in [0.25, 0.3) is 0 Å². The maximum Gasteiger partial charge on any atom is 0.239 e. The molecule has 0 spiro atoms. The summed E-state index contributed by atoms with van der Waals surface area (Å²) < 4.78 is 5.04. The Morgan fingerprint density at radius 3 is 2.60 bits per heavy atom. The van der Waals surface area contributed by atoms with Crippen LogP contribution in [0.15, 0.2) is 0 Å². The van der Waals surface area contributed by atoms with E-state index >= 15 is 0 Å². The zero-order valence-corrected chi connectivity index (χ0v) is 8.64. The first kappa shape index (κ1) is 12.3. The summed E-state index contributed by atoms with van der Waals surface area (Å²) in [4.78, 5) is 11.4. The molecule has 1 fully saturated rings. The molecule has 1 heterocycles. The van der Waals surface area contributed by atoms with Crippen molar-refractivity contribution in [1.82, 2.24) is 10.4 Å². The van der Waals surface area contributed by atoms with E-state index in [4.69, 9.17) is 27.7 Å². The largest absolute Gasteiger partial charge is 0.379 e. The average molecular weight is 218 g/mol. The topological polar surface area (TPSA) is 146 Å². The zero-order chi connectivity index (χ0) is 11.6. The molecule has 1 amide bonds. The first-order valence-corrected chi connectivity index (χ1v) is 4.56. The number of hydrogen-bond acceptors (Lipinski definition) is 7. The Labute approximate surface area is 87.8 Å². The Morgan fingerprint density at radius 1 is 1.60 bits per heavy atom. The van der Waals surface area contributed by atoms with Crippen molar-refractivity contribution in [3.63, 3.8) is 0 Å². The molecule has 0 saturated carbocycles. The van der Waals surface area contributed by atoms with E-state index in [0.29, 0.717) is 13.0 Å². The normalized spacial score (nSPS) is 22.9. The van der Waals surface area contributed by atoms with Crippen LogP contribution in [-0.2, 0) is 9.53 Å². The number of methoxy groups -OCH3 is 1. The van der Waals surface area contributed by atoms with Gasteiger partial charge in [0.1, 0.15) is 6.17 Å². The molecule has 0 aromatic rings. The summed E-state index contributed by atoms with van der Waals surface area (Å²) >= 11 is 0. The highest BCUT2D eigenvalue weighted by atomic mass is 16.5. The van der Waals surface area contributed by atoms with E-state index < -0.39 is 12.0 Å². The van der Waals surface area contributed by atoms with E-state index in [1.54, 1.807) is 0 Å². The summed E-state index contributed by atoms with van der Waals surface area (Å²) in [5, 5.41) is 1.28. The van der Waals surface area contributed by atoms with Gasteiger partial charge in [-0.05, 0) is 0 Å². The highest BCUT2D eigenvalue weighted by Gasteiger charge is 2.35. The molecule has 0 bridgehead atoms. The van der Waals surface area contributed by atoms with Crippen molar-refractivity contribution in [2.75, 3.05) is 13.7 Å². The van der Waals surface area contributed by atoms with Crippen molar-refractivity contribution in [3.8, 4) is 0 Å². The lowest BCUT2D eigenvalue weighted by atomic mass is 10.3. The van der Waals surface area contributed by atoms with Crippen LogP contribution in [0.3, 0.4) is 0 Å². The van der Waals surface area contributed by atoms with Crippen molar-refractivity contribution in [2.24, 2.45) is 22.9 Å². The average Bonchev–Trinajstić information content (AvgIpc) is 2.46. The van der Waals surface area contributed by atoms with Crippen LogP contribution < -0.4 is 28.4 Å². The minimum Gasteiger partial charge on any atom is -0.379 e. The molecule has 0 aromatic carbocycles. The Balaban J connectivity index is 2.56. The zero-order valence-electron chi connectivity index (χ0n) is 8.64. The molecule has 8 heteroatoms. The molecular formula is C7H18N6O2. The molecule has 9 N–H and O–H groups in total. The summed E-state index contributed by atoms with van der Waals surface area (Å²) in [5.74, 6) is -1.67. The first-order chi connectivity index (χ1) is 6.86. The Morgan fingerprint density at radius 2 is 2.20 bits per heavy atom. The van der Waals surface area contributed by atoms with Gasteiger partial charge in [0.05, 0.1) is 19.1 Å². The standard InChI is InChI=1S/C7H18N6O2/c1-15-4-2-5(14)13(3-4)12-7(10,11)6(8)9/h4,6,12H,2-3,8-11H2,1H3. The Bertz CT molecular complexity index is 244. The van der Waals surface area contributed by atoms with Gasteiger partial charge in [-0.1, -0.05) is 0 Å². The van der Waals surface area contributed by atoms with E-state index in [1.165, 1.54) is 12.1 Å². The lowest BCUT2D eigenvalue weighted by molar-refractivity contribution is -0.132. The second-order valence-corrected chi connectivity index (χ2v) is 3.64. The number of carbonyl (C=O) groups excluding carboxylic acids is 1. The number of nitrogens with zero attached hydrogens (tertiary/aromatic N) is 1. The van der Waals surface area contributed by atoms with Crippen LogP contribution in [0.25, 0.3) is 0 Å². The van der Waals surface area contributed by atoms with Gasteiger partial charge in [-0.25, -0.2) is 0 Å². The van der Waals surface area contributed by atoms with Crippen molar-refractivity contribution in [3.05, 3.63) is 0 Å². The second kappa shape index (κ2) is 4.39. The van der Waals surface area contributed by atoms with Crippen LogP contribution in [0.2, 0.25) is 0 Å². The summed E-state index contributed by atoms with van der Waals surface area (Å²) in [7, 11) is 1.54. The smallest absolute Gasteiger partial charge is 0.239 e. The highest BCUT2D eigenvalue weighted by Crippen LogP contribution is 2.11. The molecule has 8 nitrogen and oxygen atoms in total. The van der Waals surface area contributed by atoms with Gasteiger partial charge in [-0.3, -0.25) is 21.3 Å². The highest BCUT2D eigenvalue weighted by molar-refractivity contribution is 5.78. The number of hydrogen-bond donors (Lipinski definition) is 5. The quantitative estimate of drug-likeness (QED) is 0.308. The molecule has 0 aromatic heterocycles. The van der Waals surface area contributed by atoms with Crippen LogP contribution >= 0.6 is 0 Å². The number of nitrogens with two attached hydrogens (primary N) is 4. The van der Waals surface area contributed by atoms with E-state index in [2.05, 4.69) is 5.43 Å². The molecule has 0 radical (unpaired) electrons. The van der Waals surface area contributed by atoms with Gasteiger partial charge in [0.2, 0.25) is 5.91 Å². The molecule has 1 aliphatic heterocycles. The van der Waals surface area contributed by atoms with Gasteiger partial charge in [0.15, 0.2) is 5.79 Å². The minimum absolute atomic E-state index is 0.150. The Kier molecular flexibility index (Phi) is 3.60. The van der Waals surface area contributed by atoms with E-state index in [9.17, 15) is 4.79 Å². The third-order valence-electron chi connectivity index (χ3n) is 2.30. The van der Waals surface area contributed by atoms with Gasteiger partial charge >= 0.3 is 0 Å². The number of carbonyl (C=O) groups is 1. The van der Waals surface area contributed by atoms with Crippen molar-refractivity contribution >= 4 is 5.91 Å². The minimum atomic E-state index is -1.52. The monoisotopic (exact) mass is 218 g/mol. The predicted molar refractivity (Wildman–Crippen MR) is 53.5 cm³/mol. The van der Waals surface area contributed by atoms with Gasteiger partial charge < -0.3 is 16.2 Å². The maximum atomic E-state index is 11.4. The van der Waals surface area contributed by atoms with Crippen molar-refractivity contribution in [2.45, 2.75) is 24.5 Å². The molecule has 1 rings (SSSR count). The fourth-order valence-corrected chi connectivity index (χ4v) is 1.25. The molecule has 1 atom stereocenters. The predicted octanol–water partition coefficient (Wildman–Crippen LogP) is -3.45. The maximum absolute atomic E-state index is 11.4. The van der Waals surface area contributed by atoms with Crippen LogP contribution in [-0.4, -0.2) is 42.6 Å². The summed E-state index contributed by atoms with van der Waals surface area (Å²) in [6.07, 6.45) is -0.846. The summed E-state index contributed by atoms with van der Waals surface area (Å²) in [6.45, 7) is 0.373. The molecule has 1 aliphatic rings. The summed E-state index contributed by atoms with van der Waals surface area (Å²) in [5.41, 5.74) is 24.4. The van der Waals surface area contributed by atoms with Crippen LogP contribution in [0.5, 0.6) is 0 Å². The number of rotatable bonds is 4. The third kappa shape index (κ3) is 2.84. The molecule has 0 aliphatic carbocycles. The lowest BCUT2D eigenvalue weighted by Crippen LogP contribution is -2.77. The SMILES string of the molecule is COC1CC(=O)N(NC(N)(N)C(N)N)C1. The Hall–Kier alpha value is -0.770. The molecule has 1 saturated heterocycles. The van der Waals surface area contributed by atoms with E-state index in [1.807, 2.05) is 0 Å². The fraction of sp³-hybridized carbons (Fsp3) is 0.857. The molecule has 88 valence electrons. The fourth-order valence-electron chi connectivity index (χ4n) is 1.25. The molecule has 1 unspecified atom stereocenters. The van der Waals surface area contributed by atoms with E-state index in [0.717, 1.165) is 0 Å². The van der Waals surface area contributed by atoms with Gasteiger partial charge in [-0.15, -0.1) is 0 Å². The molecule has 15 heavy (non-hydrogen) atoms. The number of nitrogens with one attached hydrogen (secondary N) is 1. The van der Waals surface area contributed by atoms with Crippen LogP contribution in [0.1, 0.15) is 6.42 Å². The number of ether oxygens (including phenoxy) is 1. The summed E-state index contributed by atoms with van der Waals surface area (Å²) in [6, 6.07) is 0. The number of amides is 1. The van der Waals surface area contributed by atoms with Gasteiger partial charge in [-0.2, -0.15) is 5.43 Å². The van der Waals surface area contributed by atoms with Gasteiger partial charge in [0, 0.05) is 7.11 Å². The third-order valence-corrected chi connectivity index (χ3v) is 2.30. The lowest BCUT2D eigenvalue weighted by Gasteiger charge is -2.33. The second-order valence-electron chi connectivity index (χ2n) is 3.64. The van der Waals surface area contributed by atoms with E-state index in [-0.39, 0.29) is 12.0 Å². The first-order valence-electron chi connectivity index (χ1n) is 4.56. The van der Waals surface area contributed by atoms with Crippen LogP contribution in [0, 0.1) is 0 Å². The molecular weight excluding hydrogens is 200 g/mol. The van der Waals surface area contributed by atoms with Crippen molar-refractivity contribution < 1.29 is 9.53 Å². The van der Waals surface area contributed by atoms with Crippen molar-refractivity contribution in [1.29, 1.82) is 0 Å².